The quantitative estimate of drug-likeness (QED) is 0.719. The van der Waals surface area contributed by atoms with E-state index in [1.807, 2.05) is 38.1 Å². The molecule has 0 unspecified atom stereocenters. The first kappa shape index (κ1) is 9.58. The van der Waals surface area contributed by atoms with Crippen LogP contribution in [0.3, 0.4) is 0 Å². The molecular formula is C10H14N2O. The molecule has 0 saturated heterocycles. The molecule has 0 radical (unpaired) electrons. The first-order chi connectivity index (χ1) is 6.24. The van der Waals surface area contributed by atoms with Crippen LogP contribution in [0.15, 0.2) is 24.3 Å². The van der Waals surface area contributed by atoms with E-state index >= 15 is 0 Å². The topological polar surface area (TPSA) is 48.1 Å². The molecule has 0 spiro atoms. The molecule has 3 heteroatoms. The molecule has 1 aromatic heterocycles. The molecule has 0 saturated carbocycles. The van der Waals surface area contributed by atoms with Crippen LogP contribution < -0.4 is 10.5 Å². The van der Waals surface area contributed by atoms with Gasteiger partial charge in [0.15, 0.2) is 11.6 Å². The summed E-state index contributed by atoms with van der Waals surface area (Å²) in [6, 6.07) is 3.71. The van der Waals surface area contributed by atoms with Crippen molar-refractivity contribution in [1.29, 1.82) is 0 Å². The van der Waals surface area contributed by atoms with Crippen molar-refractivity contribution in [2.24, 2.45) is 0 Å². The Hall–Kier alpha value is -1.51. The Kier molecular flexibility index (Phi) is 3.31. The molecule has 0 aliphatic heterocycles. The fraction of sp³-hybridized carbons (Fsp3) is 0.300. The van der Waals surface area contributed by atoms with Crippen molar-refractivity contribution in [3.8, 4) is 5.75 Å². The van der Waals surface area contributed by atoms with E-state index in [0.717, 1.165) is 5.69 Å². The first-order valence-corrected chi connectivity index (χ1v) is 4.21. The molecule has 3 nitrogen and oxygen atoms in total. The average molecular weight is 178 g/mol. The molecule has 2 N–H and O–H groups in total. The first-order valence-electron chi connectivity index (χ1n) is 4.21. The van der Waals surface area contributed by atoms with Crippen molar-refractivity contribution in [2.75, 3.05) is 12.3 Å². The lowest BCUT2D eigenvalue weighted by molar-refractivity contribution is 0.363. The molecule has 0 aliphatic carbocycles. The van der Waals surface area contributed by atoms with Gasteiger partial charge in [0.05, 0.1) is 0 Å². The van der Waals surface area contributed by atoms with E-state index in [2.05, 4.69) is 4.98 Å². The molecule has 0 aromatic carbocycles. The van der Waals surface area contributed by atoms with E-state index in [9.17, 15) is 0 Å². The number of allylic oxidation sites excluding steroid dienone is 1. The standard InChI is InChI=1S/C10H14N2O/c1-3-4-7-13-9-6-5-8(2)12-10(9)11/h3-6H,7H2,1-2H3,(H2,11,12)/b4-3+. The fourth-order valence-electron chi connectivity index (χ4n) is 0.920. The molecule has 70 valence electrons. The number of aromatic nitrogens is 1. The van der Waals surface area contributed by atoms with E-state index in [-0.39, 0.29) is 0 Å². The van der Waals surface area contributed by atoms with Gasteiger partial charge in [0.1, 0.15) is 6.61 Å². The van der Waals surface area contributed by atoms with Crippen LogP contribution in [-0.2, 0) is 0 Å². The molecular weight excluding hydrogens is 164 g/mol. The third-order valence-corrected chi connectivity index (χ3v) is 1.60. The van der Waals surface area contributed by atoms with Gasteiger partial charge in [0.2, 0.25) is 0 Å². The van der Waals surface area contributed by atoms with E-state index in [1.54, 1.807) is 0 Å². The summed E-state index contributed by atoms with van der Waals surface area (Å²) in [6.45, 7) is 4.37. The van der Waals surface area contributed by atoms with Gasteiger partial charge in [0, 0.05) is 5.69 Å². The molecule has 0 atom stereocenters. The van der Waals surface area contributed by atoms with Gasteiger partial charge < -0.3 is 10.5 Å². The lowest BCUT2D eigenvalue weighted by Crippen LogP contribution is -2.00. The number of nitrogens with zero attached hydrogens (tertiary/aromatic N) is 1. The molecule has 1 aromatic rings. The van der Waals surface area contributed by atoms with E-state index in [0.29, 0.717) is 18.2 Å². The van der Waals surface area contributed by atoms with Gasteiger partial charge in [-0.1, -0.05) is 12.2 Å². The third-order valence-electron chi connectivity index (χ3n) is 1.60. The second-order valence-electron chi connectivity index (χ2n) is 2.72. The SMILES string of the molecule is C/C=C/COc1ccc(C)nc1N. The highest BCUT2D eigenvalue weighted by atomic mass is 16.5. The Balaban J connectivity index is 2.66. The minimum Gasteiger partial charge on any atom is -0.486 e. The largest absolute Gasteiger partial charge is 0.486 e. The van der Waals surface area contributed by atoms with Crippen LogP contribution in [0.4, 0.5) is 5.82 Å². The second kappa shape index (κ2) is 4.50. The maximum Gasteiger partial charge on any atom is 0.166 e. The van der Waals surface area contributed by atoms with E-state index < -0.39 is 0 Å². The second-order valence-corrected chi connectivity index (χ2v) is 2.72. The Morgan fingerprint density at radius 2 is 2.31 bits per heavy atom. The summed E-state index contributed by atoms with van der Waals surface area (Å²) in [4.78, 5) is 4.08. The van der Waals surface area contributed by atoms with Crippen LogP contribution in [0.25, 0.3) is 0 Å². The maximum atomic E-state index is 5.64. The molecule has 0 aliphatic rings. The number of hydrogen-bond acceptors (Lipinski definition) is 3. The van der Waals surface area contributed by atoms with E-state index in [1.165, 1.54) is 0 Å². The third kappa shape index (κ3) is 2.78. The van der Waals surface area contributed by atoms with Gasteiger partial charge in [-0.25, -0.2) is 4.98 Å². The molecule has 1 rings (SSSR count). The van der Waals surface area contributed by atoms with Crippen molar-refractivity contribution in [3.05, 3.63) is 30.0 Å². The number of ether oxygens (including phenoxy) is 1. The fourth-order valence-corrected chi connectivity index (χ4v) is 0.920. The summed E-state index contributed by atoms with van der Waals surface area (Å²) in [6.07, 6.45) is 3.84. The summed E-state index contributed by atoms with van der Waals surface area (Å²) in [7, 11) is 0. The van der Waals surface area contributed by atoms with Gasteiger partial charge in [0.25, 0.3) is 0 Å². The zero-order valence-electron chi connectivity index (χ0n) is 7.95. The normalized spacial score (nSPS) is 10.6. The number of anilines is 1. The van der Waals surface area contributed by atoms with Crippen LogP contribution in [0.2, 0.25) is 0 Å². The molecule has 0 amide bonds. The summed E-state index contributed by atoms with van der Waals surface area (Å²) < 4.78 is 5.36. The Morgan fingerprint density at radius 1 is 1.54 bits per heavy atom. The van der Waals surface area contributed by atoms with Crippen LogP contribution in [0.1, 0.15) is 12.6 Å². The molecule has 0 bridgehead atoms. The number of pyridine rings is 1. The molecule has 1 heterocycles. The van der Waals surface area contributed by atoms with Crippen molar-refractivity contribution < 1.29 is 4.74 Å². The summed E-state index contributed by atoms with van der Waals surface area (Å²) in [5.41, 5.74) is 6.54. The number of aryl methyl sites for hydroxylation is 1. The van der Waals surface area contributed by atoms with Crippen LogP contribution >= 0.6 is 0 Å². The van der Waals surface area contributed by atoms with Gasteiger partial charge in [-0.05, 0) is 26.0 Å². The van der Waals surface area contributed by atoms with E-state index in [4.69, 9.17) is 10.5 Å². The molecule has 0 fully saturated rings. The number of nitrogens with two attached hydrogens (primary N) is 1. The Bertz CT molecular complexity index is 308. The van der Waals surface area contributed by atoms with Gasteiger partial charge in [-0.3, -0.25) is 0 Å². The summed E-state index contributed by atoms with van der Waals surface area (Å²) in [5.74, 6) is 1.09. The van der Waals surface area contributed by atoms with Crippen molar-refractivity contribution >= 4 is 5.82 Å². The van der Waals surface area contributed by atoms with Crippen molar-refractivity contribution in [1.82, 2.24) is 4.98 Å². The Morgan fingerprint density at radius 3 is 2.92 bits per heavy atom. The number of rotatable bonds is 3. The van der Waals surface area contributed by atoms with Crippen molar-refractivity contribution in [3.63, 3.8) is 0 Å². The summed E-state index contributed by atoms with van der Waals surface area (Å²) in [5, 5.41) is 0. The van der Waals surface area contributed by atoms with Gasteiger partial charge >= 0.3 is 0 Å². The average Bonchev–Trinajstić information content (AvgIpc) is 2.09. The van der Waals surface area contributed by atoms with Crippen LogP contribution in [-0.4, -0.2) is 11.6 Å². The lowest BCUT2D eigenvalue weighted by atomic mass is 10.3. The van der Waals surface area contributed by atoms with Crippen LogP contribution in [0.5, 0.6) is 5.75 Å². The smallest absolute Gasteiger partial charge is 0.166 e. The zero-order valence-corrected chi connectivity index (χ0v) is 7.95. The number of nitrogen functional groups attached to an aromatic ring is 1. The minimum atomic E-state index is 0.449. The minimum absolute atomic E-state index is 0.449. The highest BCUT2D eigenvalue weighted by molar-refractivity contribution is 5.46. The van der Waals surface area contributed by atoms with Gasteiger partial charge in [-0.15, -0.1) is 0 Å². The highest BCUT2D eigenvalue weighted by Crippen LogP contribution is 2.18. The molecule has 13 heavy (non-hydrogen) atoms. The predicted molar refractivity (Wildman–Crippen MR) is 53.7 cm³/mol. The Labute approximate surface area is 78.2 Å². The maximum absolute atomic E-state index is 5.64. The predicted octanol–water partition coefficient (Wildman–Crippen LogP) is 1.93. The zero-order chi connectivity index (χ0) is 9.68. The number of hydrogen-bond donors (Lipinski definition) is 1. The van der Waals surface area contributed by atoms with Crippen LogP contribution in [0, 0.1) is 6.92 Å². The lowest BCUT2D eigenvalue weighted by Gasteiger charge is -2.05. The van der Waals surface area contributed by atoms with Gasteiger partial charge in [-0.2, -0.15) is 0 Å². The highest BCUT2D eigenvalue weighted by Gasteiger charge is 1.99. The van der Waals surface area contributed by atoms with Crippen molar-refractivity contribution in [2.45, 2.75) is 13.8 Å². The monoisotopic (exact) mass is 178 g/mol. The summed E-state index contributed by atoms with van der Waals surface area (Å²) >= 11 is 0.